The Morgan fingerprint density at radius 2 is 2.04 bits per heavy atom. The van der Waals surface area contributed by atoms with E-state index in [1.807, 2.05) is 4.90 Å². The van der Waals surface area contributed by atoms with Crippen LogP contribution in [0.25, 0.3) is 5.69 Å². The summed E-state index contributed by atoms with van der Waals surface area (Å²) >= 11 is 0. The highest BCUT2D eigenvalue weighted by Gasteiger charge is 2.26. The van der Waals surface area contributed by atoms with E-state index in [1.165, 1.54) is 16.8 Å². The van der Waals surface area contributed by atoms with E-state index in [9.17, 15) is 13.6 Å². The number of benzene rings is 1. The molecular formula is C17H20F2N4O2. The highest BCUT2D eigenvalue weighted by atomic mass is 19.3. The molecule has 3 rings (SSSR count). The van der Waals surface area contributed by atoms with Crippen LogP contribution >= 0.6 is 0 Å². The van der Waals surface area contributed by atoms with Gasteiger partial charge in [0.15, 0.2) is 5.69 Å². The number of halogens is 2. The molecule has 0 spiro atoms. The van der Waals surface area contributed by atoms with E-state index < -0.39 is 6.61 Å². The van der Waals surface area contributed by atoms with Crippen LogP contribution in [-0.2, 0) is 0 Å². The molecular weight excluding hydrogens is 330 g/mol. The van der Waals surface area contributed by atoms with E-state index in [0.717, 1.165) is 25.9 Å². The summed E-state index contributed by atoms with van der Waals surface area (Å²) in [5, 5.41) is 8.08. The van der Waals surface area contributed by atoms with Gasteiger partial charge in [-0.2, -0.15) is 8.78 Å². The SMILES string of the molecule is Cc1c(C(=O)N2CCC[C@H](C)C2)nnn1-c1ccc(OC(F)F)cc1. The number of likely N-dealkylation sites (tertiary alicyclic amines) is 1. The second-order valence-corrected chi connectivity index (χ2v) is 6.31. The van der Waals surface area contributed by atoms with Gasteiger partial charge in [0.05, 0.1) is 11.4 Å². The largest absolute Gasteiger partial charge is 0.435 e. The highest BCUT2D eigenvalue weighted by Crippen LogP contribution is 2.21. The minimum atomic E-state index is -2.87. The molecule has 1 aliphatic rings. The fraction of sp³-hybridized carbons (Fsp3) is 0.471. The molecule has 1 saturated heterocycles. The monoisotopic (exact) mass is 350 g/mol. The third-order valence-electron chi connectivity index (χ3n) is 4.35. The van der Waals surface area contributed by atoms with Crippen LogP contribution in [0.1, 0.15) is 35.9 Å². The van der Waals surface area contributed by atoms with E-state index in [0.29, 0.717) is 23.0 Å². The zero-order valence-electron chi connectivity index (χ0n) is 14.2. The van der Waals surface area contributed by atoms with E-state index in [2.05, 4.69) is 22.0 Å². The van der Waals surface area contributed by atoms with Gasteiger partial charge in [0.2, 0.25) is 0 Å². The van der Waals surface area contributed by atoms with Gasteiger partial charge in [-0.05, 0) is 49.9 Å². The van der Waals surface area contributed by atoms with Crippen LogP contribution < -0.4 is 4.74 Å². The Morgan fingerprint density at radius 1 is 1.32 bits per heavy atom. The van der Waals surface area contributed by atoms with E-state index in [4.69, 9.17) is 0 Å². The molecule has 0 unspecified atom stereocenters. The van der Waals surface area contributed by atoms with Crippen molar-refractivity contribution >= 4 is 5.91 Å². The zero-order chi connectivity index (χ0) is 18.0. The summed E-state index contributed by atoms with van der Waals surface area (Å²) < 4.78 is 30.3. The topological polar surface area (TPSA) is 60.2 Å². The highest BCUT2D eigenvalue weighted by molar-refractivity contribution is 5.93. The van der Waals surface area contributed by atoms with Crippen molar-refractivity contribution in [3.8, 4) is 11.4 Å². The van der Waals surface area contributed by atoms with Crippen molar-refractivity contribution in [2.24, 2.45) is 5.92 Å². The Balaban J connectivity index is 1.80. The normalized spacial score (nSPS) is 17.8. The molecule has 2 aromatic rings. The van der Waals surface area contributed by atoms with Crippen LogP contribution in [-0.4, -0.2) is 45.5 Å². The second-order valence-electron chi connectivity index (χ2n) is 6.31. The number of nitrogens with zero attached hydrogens (tertiary/aromatic N) is 4. The first-order valence-corrected chi connectivity index (χ1v) is 8.22. The maximum atomic E-state index is 12.7. The molecule has 0 aliphatic carbocycles. The van der Waals surface area contributed by atoms with Gasteiger partial charge in [0.1, 0.15) is 5.75 Å². The number of carbonyl (C=O) groups is 1. The van der Waals surface area contributed by atoms with Crippen molar-refractivity contribution in [3.05, 3.63) is 35.7 Å². The van der Waals surface area contributed by atoms with E-state index in [-0.39, 0.29) is 11.7 Å². The quantitative estimate of drug-likeness (QED) is 0.850. The molecule has 0 radical (unpaired) electrons. The van der Waals surface area contributed by atoms with Crippen molar-refractivity contribution in [1.82, 2.24) is 19.9 Å². The number of hydrogen-bond acceptors (Lipinski definition) is 4. The molecule has 1 aliphatic heterocycles. The Morgan fingerprint density at radius 3 is 2.68 bits per heavy atom. The summed E-state index contributed by atoms with van der Waals surface area (Å²) in [5.41, 5.74) is 1.56. The second kappa shape index (κ2) is 7.16. The minimum absolute atomic E-state index is 0.0649. The molecule has 0 saturated carbocycles. The first-order chi connectivity index (χ1) is 12.0. The molecule has 134 valence electrons. The number of rotatable bonds is 4. The number of amides is 1. The van der Waals surface area contributed by atoms with Gasteiger partial charge < -0.3 is 9.64 Å². The smallest absolute Gasteiger partial charge is 0.387 e. The number of alkyl halides is 2. The third kappa shape index (κ3) is 3.78. The molecule has 1 atom stereocenters. The van der Waals surface area contributed by atoms with Crippen LogP contribution in [0.4, 0.5) is 8.78 Å². The average molecular weight is 350 g/mol. The molecule has 25 heavy (non-hydrogen) atoms. The summed E-state index contributed by atoms with van der Waals surface area (Å²) in [5.74, 6) is 0.429. The van der Waals surface area contributed by atoms with Gasteiger partial charge in [-0.15, -0.1) is 5.10 Å². The van der Waals surface area contributed by atoms with Crippen LogP contribution in [0.3, 0.4) is 0 Å². The standard InChI is InChI=1S/C17H20F2N4O2/c1-11-4-3-9-22(10-11)16(24)15-12(2)23(21-20-15)13-5-7-14(8-6-13)25-17(18)19/h5-8,11,17H,3-4,9-10H2,1-2H3/t11-/m0/s1. The average Bonchev–Trinajstić information content (AvgIpc) is 2.96. The molecule has 0 bridgehead atoms. The lowest BCUT2D eigenvalue weighted by Crippen LogP contribution is -2.39. The molecule has 1 aromatic heterocycles. The van der Waals surface area contributed by atoms with Crippen molar-refractivity contribution in [2.75, 3.05) is 13.1 Å². The van der Waals surface area contributed by atoms with Gasteiger partial charge in [-0.3, -0.25) is 4.79 Å². The Kier molecular flexibility index (Phi) is 4.96. The number of aromatic nitrogens is 3. The Hall–Kier alpha value is -2.51. The van der Waals surface area contributed by atoms with Gasteiger partial charge >= 0.3 is 6.61 Å². The van der Waals surface area contributed by atoms with Crippen molar-refractivity contribution < 1.29 is 18.3 Å². The molecule has 8 heteroatoms. The number of carbonyl (C=O) groups excluding carboxylic acids is 1. The van der Waals surface area contributed by atoms with Crippen LogP contribution in [0.15, 0.2) is 24.3 Å². The van der Waals surface area contributed by atoms with Crippen molar-refractivity contribution in [3.63, 3.8) is 0 Å². The van der Waals surface area contributed by atoms with Crippen LogP contribution in [0.2, 0.25) is 0 Å². The third-order valence-corrected chi connectivity index (χ3v) is 4.35. The minimum Gasteiger partial charge on any atom is -0.435 e. The molecule has 1 aromatic carbocycles. The molecule has 1 fully saturated rings. The fourth-order valence-electron chi connectivity index (χ4n) is 3.06. The molecule has 0 N–H and O–H groups in total. The lowest BCUT2D eigenvalue weighted by molar-refractivity contribution is -0.0498. The Bertz CT molecular complexity index is 746. The van der Waals surface area contributed by atoms with Gasteiger partial charge in [0.25, 0.3) is 5.91 Å². The summed E-state index contributed by atoms with van der Waals surface area (Å²) in [4.78, 5) is 14.5. The summed E-state index contributed by atoms with van der Waals surface area (Å²) in [7, 11) is 0. The molecule has 1 amide bonds. The van der Waals surface area contributed by atoms with Crippen LogP contribution in [0.5, 0.6) is 5.75 Å². The predicted molar refractivity (Wildman–Crippen MR) is 87.0 cm³/mol. The van der Waals surface area contributed by atoms with E-state index >= 15 is 0 Å². The first-order valence-electron chi connectivity index (χ1n) is 8.22. The number of ether oxygens (including phenoxy) is 1. The first kappa shape index (κ1) is 17.3. The van der Waals surface area contributed by atoms with Crippen LogP contribution in [0, 0.1) is 12.8 Å². The summed E-state index contributed by atoms with van der Waals surface area (Å²) in [6.07, 6.45) is 2.12. The van der Waals surface area contributed by atoms with Gasteiger partial charge in [0, 0.05) is 13.1 Å². The van der Waals surface area contributed by atoms with Crippen molar-refractivity contribution in [2.45, 2.75) is 33.3 Å². The summed E-state index contributed by atoms with van der Waals surface area (Å²) in [6.45, 7) is 2.49. The zero-order valence-corrected chi connectivity index (χ0v) is 14.2. The van der Waals surface area contributed by atoms with E-state index in [1.54, 1.807) is 19.1 Å². The lowest BCUT2D eigenvalue weighted by atomic mass is 10.00. The lowest BCUT2D eigenvalue weighted by Gasteiger charge is -2.30. The van der Waals surface area contributed by atoms with Gasteiger partial charge in [-0.25, -0.2) is 4.68 Å². The Labute approximate surface area is 144 Å². The summed E-state index contributed by atoms with van der Waals surface area (Å²) in [6, 6.07) is 6.04. The molecule has 6 nitrogen and oxygen atoms in total. The number of hydrogen-bond donors (Lipinski definition) is 0. The number of piperidine rings is 1. The predicted octanol–water partition coefficient (Wildman–Crippen LogP) is 3.05. The van der Waals surface area contributed by atoms with Gasteiger partial charge in [-0.1, -0.05) is 12.1 Å². The van der Waals surface area contributed by atoms with Crippen molar-refractivity contribution in [1.29, 1.82) is 0 Å². The maximum absolute atomic E-state index is 12.7. The fourth-order valence-corrected chi connectivity index (χ4v) is 3.06. The maximum Gasteiger partial charge on any atom is 0.387 e. The molecule has 2 heterocycles.